The van der Waals surface area contributed by atoms with E-state index in [2.05, 4.69) is 20.2 Å². The van der Waals surface area contributed by atoms with Gasteiger partial charge in [0.1, 0.15) is 5.82 Å². The quantitative estimate of drug-likeness (QED) is 0.512. The van der Waals surface area contributed by atoms with E-state index in [0.29, 0.717) is 37.9 Å². The van der Waals surface area contributed by atoms with Gasteiger partial charge in [-0.2, -0.15) is 18.2 Å². The summed E-state index contributed by atoms with van der Waals surface area (Å²) in [6, 6.07) is 8.96. The number of carbonyl (C=O) groups is 1. The Hall–Kier alpha value is -3.60. The van der Waals surface area contributed by atoms with Crippen LogP contribution in [0.15, 0.2) is 40.9 Å². The van der Waals surface area contributed by atoms with Crippen LogP contribution in [0, 0.1) is 5.92 Å². The lowest BCUT2D eigenvalue weighted by Gasteiger charge is -2.31. The first-order valence-corrected chi connectivity index (χ1v) is 12.3. The van der Waals surface area contributed by atoms with Gasteiger partial charge in [-0.05, 0) is 54.0 Å². The fraction of sp³-hybridized carbons (Fsp3) is 0.423. The number of alkyl halides is 3. The summed E-state index contributed by atoms with van der Waals surface area (Å²) < 4.78 is 46.4. The second-order valence-corrected chi connectivity index (χ2v) is 9.61. The molecule has 1 unspecified atom stereocenters. The van der Waals surface area contributed by atoms with E-state index in [-0.39, 0.29) is 18.3 Å². The van der Waals surface area contributed by atoms with Gasteiger partial charge >= 0.3 is 6.18 Å². The summed E-state index contributed by atoms with van der Waals surface area (Å²) in [7, 11) is 0. The number of amides is 1. The van der Waals surface area contributed by atoms with Crippen molar-refractivity contribution in [1.29, 1.82) is 0 Å². The molecule has 2 aliphatic rings. The Bertz CT molecular complexity index is 1280. The molecule has 1 atom stereocenters. The molecule has 5 rings (SSSR count). The largest absolute Gasteiger partial charge is 0.437 e. The first-order chi connectivity index (χ1) is 17.7. The van der Waals surface area contributed by atoms with E-state index in [0.717, 1.165) is 36.0 Å². The van der Waals surface area contributed by atoms with Crippen molar-refractivity contribution in [2.24, 2.45) is 5.92 Å². The minimum absolute atomic E-state index is 0.00426. The monoisotopic (exact) mass is 515 g/mol. The van der Waals surface area contributed by atoms with E-state index in [1.807, 2.05) is 25.1 Å². The third-order valence-corrected chi connectivity index (χ3v) is 6.88. The average molecular weight is 516 g/mol. The summed E-state index contributed by atoms with van der Waals surface area (Å²) in [5, 5.41) is 12.0. The molecule has 1 amide bonds. The number of pyridine rings is 1. The molecule has 0 bridgehead atoms. The number of aromatic nitrogens is 2. The number of oxazole rings is 1. The summed E-state index contributed by atoms with van der Waals surface area (Å²) in [5.41, 5.74) is 2.09. The number of hydrogen-bond acceptors (Lipinski definition) is 7. The van der Waals surface area contributed by atoms with Gasteiger partial charge in [0, 0.05) is 26.2 Å². The third-order valence-electron chi connectivity index (χ3n) is 6.88. The predicted octanol–water partition coefficient (Wildman–Crippen LogP) is 4.63. The van der Waals surface area contributed by atoms with Crippen LogP contribution in [-0.2, 0) is 25.7 Å². The number of benzene rings is 1. The Labute approximate surface area is 212 Å². The maximum atomic E-state index is 13.7. The van der Waals surface area contributed by atoms with Gasteiger partial charge in [-0.3, -0.25) is 4.79 Å². The van der Waals surface area contributed by atoms with E-state index in [4.69, 9.17) is 4.42 Å². The van der Waals surface area contributed by atoms with E-state index in [9.17, 15) is 23.1 Å². The van der Waals surface area contributed by atoms with Crippen LogP contribution in [0.1, 0.15) is 52.7 Å². The number of aliphatic hydroxyl groups excluding tert-OH is 1. The van der Waals surface area contributed by atoms with Crippen molar-refractivity contribution in [2.75, 3.05) is 34.8 Å². The Morgan fingerprint density at radius 2 is 2.05 bits per heavy atom. The lowest BCUT2D eigenvalue weighted by molar-refractivity contribution is -0.141. The van der Waals surface area contributed by atoms with Gasteiger partial charge < -0.3 is 24.6 Å². The van der Waals surface area contributed by atoms with Crippen molar-refractivity contribution in [2.45, 2.75) is 45.5 Å². The number of fused-ring (bicyclic) bond motifs is 1. The second-order valence-electron chi connectivity index (χ2n) is 9.61. The van der Waals surface area contributed by atoms with E-state index < -0.39 is 23.5 Å². The second kappa shape index (κ2) is 10.0. The van der Waals surface area contributed by atoms with E-state index in [1.54, 1.807) is 17.0 Å². The van der Waals surface area contributed by atoms with Crippen molar-refractivity contribution in [3.63, 3.8) is 0 Å². The minimum atomic E-state index is -4.83. The first-order valence-electron chi connectivity index (χ1n) is 12.3. The highest BCUT2D eigenvalue weighted by atomic mass is 19.4. The number of nitrogens with zero attached hydrogens (tertiary/aromatic N) is 4. The predicted molar refractivity (Wildman–Crippen MR) is 131 cm³/mol. The number of piperidine rings is 1. The van der Waals surface area contributed by atoms with Crippen molar-refractivity contribution in [1.82, 2.24) is 9.97 Å². The molecule has 2 N–H and O–H groups in total. The third kappa shape index (κ3) is 5.27. The lowest BCUT2D eigenvalue weighted by atomic mass is 9.95. The summed E-state index contributed by atoms with van der Waals surface area (Å²) in [6.45, 7) is 4.37. The van der Waals surface area contributed by atoms with Gasteiger partial charge in [0.2, 0.25) is 5.76 Å². The Kier molecular flexibility index (Phi) is 6.80. The van der Waals surface area contributed by atoms with Crippen LogP contribution < -0.4 is 15.1 Å². The molecule has 2 aliphatic heterocycles. The Morgan fingerprint density at radius 3 is 2.76 bits per heavy atom. The molecule has 37 heavy (non-hydrogen) atoms. The molecule has 0 spiro atoms. The van der Waals surface area contributed by atoms with Crippen LogP contribution in [0.4, 0.5) is 30.7 Å². The van der Waals surface area contributed by atoms with Crippen molar-refractivity contribution < 1.29 is 27.5 Å². The number of halogens is 3. The van der Waals surface area contributed by atoms with Gasteiger partial charge in [0.15, 0.2) is 5.69 Å². The summed E-state index contributed by atoms with van der Waals surface area (Å²) >= 11 is 0. The van der Waals surface area contributed by atoms with Crippen molar-refractivity contribution in [3.05, 3.63) is 64.7 Å². The molecule has 3 aromatic rings. The summed E-state index contributed by atoms with van der Waals surface area (Å²) in [4.78, 5) is 24.6. The van der Waals surface area contributed by atoms with Crippen molar-refractivity contribution >= 4 is 23.4 Å². The van der Waals surface area contributed by atoms with Gasteiger partial charge in [-0.1, -0.05) is 25.1 Å². The first kappa shape index (κ1) is 25.1. The maximum Gasteiger partial charge on any atom is 0.437 e. The highest BCUT2D eigenvalue weighted by Gasteiger charge is 2.42. The molecule has 1 fully saturated rings. The van der Waals surface area contributed by atoms with Crippen LogP contribution in [0.3, 0.4) is 0 Å². The van der Waals surface area contributed by atoms with Crippen molar-refractivity contribution in [3.8, 4) is 0 Å². The molecule has 196 valence electrons. The van der Waals surface area contributed by atoms with E-state index >= 15 is 0 Å². The van der Waals surface area contributed by atoms with E-state index in [1.165, 1.54) is 6.20 Å². The topological polar surface area (TPSA) is 94.7 Å². The highest BCUT2D eigenvalue weighted by Crippen LogP contribution is 2.35. The molecule has 0 aliphatic carbocycles. The Balaban J connectivity index is 1.31. The van der Waals surface area contributed by atoms with Crippen LogP contribution in [0.2, 0.25) is 0 Å². The van der Waals surface area contributed by atoms with Crippen LogP contribution in [0.25, 0.3) is 0 Å². The maximum absolute atomic E-state index is 13.7. The molecule has 4 heterocycles. The molecule has 8 nitrogen and oxygen atoms in total. The fourth-order valence-electron chi connectivity index (χ4n) is 5.02. The number of anilines is 3. The van der Waals surface area contributed by atoms with Crippen LogP contribution >= 0.6 is 0 Å². The minimum Gasteiger partial charge on any atom is -0.417 e. The normalized spacial score (nSPS) is 18.0. The SMILES string of the molecule is CC1CCCN(c2nc(C(F)(F)F)c(C(=O)Nc3ccc(N4CCc5c(CO)cccc5C4)nc3)o2)C1. The smallest absolute Gasteiger partial charge is 0.417 e. The zero-order valence-corrected chi connectivity index (χ0v) is 20.4. The van der Waals surface area contributed by atoms with Gasteiger partial charge in [-0.25, -0.2) is 4.98 Å². The van der Waals surface area contributed by atoms with Gasteiger partial charge in [0.05, 0.1) is 18.5 Å². The standard InChI is InChI=1S/C26H28F3N5O3/c1-16-4-3-10-34(13-16)25-32-23(26(27,28)29)22(37-25)24(36)31-19-7-8-21(30-12-19)33-11-9-20-17(14-33)5-2-6-18(20)15-35/h2,5-8,12,16,35H,3-4,9-11,13-15H2,1H3,(H,31,36). The molecular weight excluding hydrogens is 487 g/mol. The Morgan fingerprint density at radius 1 is 1.22 bits per heavy atom. The molecular formula is C26H28F3N5O3. The average Bonchev–Trinajstić information content (AvgIpc) is 3.35. The fourth-order valence-corrected chi connectivity index (χ4v) is 5.02. The van der Waals surface area contributed by atoms with Crippen LogP contribution in [-0.4, -0.2) is 40.6 Å². The van der Waals surface area contributed by atoms with Gasteiger partial charge in [0.25, 0.3) is 11.9 Å². The molecule has 0 radical (unpaired) electrons. The molecule has 0 saturated carbocycles. The number of nitrogens with one attached hydrogen (secondary N) is 1. The summed E-state index contributed by atoms with van der Waals surface area (Å²) in [5.74, 6) is -0.927. The number of rotatable bonds is 5. The lowest BCUT2D eigenvalue weighted by Crippen LogP contribution is -2.34. The summed E-state index contributed by atoms with van der Waals surface area (Å²) in [6.07, 6.45) is -0.874. The molecule has 11 heteroatoms. The molecule has 1 aromatic carbocycles. The number of carbonyl (C=O) groups excluding carboxylic acids is 1. The van der Waals surface area contributed by atoms with Gasteiger partial charge in [-0.15, -0.1) is 0 Å². The van der Waals surface area contributed by atoms with Crippen LogP contribution in [0.5, 0.6) is 0 Å². The zero-order valence-electron chi connectivity index (χ0n) is 20.4. The molecule has 2 aromatic heterocycles. The number of aliphatic hydroxyl groups is 1. The molecule has 1 saturated heterocycles. The zero-order chi connectivity index (χ0) is 26.2. The highest BCUT2D eigenvalue weighted by molar-refractivity contribution is 6.03. The number of hydrogen-bond donors (Lipinski definition) is 2.